The van der Waals surface area contributed by atoms with Crippen molar-refractivity contribution in [2.45, 2.75) is 31.6 Å². The Labute approximate surface area is 149 Å². The van der Waals surface area contributed by atoms with Gasteiger partial charge in [0, 0.05) is 12.0 Å². The first-order chi connectivity index (χ1) is 12.2. The zero-order valence-corrected chi connectivity index (χ0v) is 14.7. The van der Waals surface area contributed by atoms with Gasteiger partial charge in [0.1, 0.15) is 11.5 Å². The molecule has 0 unspecified atom stereocenters. The summed E-state index contributed by atoms with van der Waals surface area (Å²) in [5.74, 6) is 1.40. The lowest BCUT2D eigenvalue weighted by Gasteiger charge is -2.16. The van der Waals surface area contributed by atoms with Crippen molar-refractivity contribution in [3.8, 4) is 11.5 Å². The molecule has 1 amide bonds. The molecule has 0 aromatic heterocycles. The fourth-order valence-corrected chi connectivity index (χ4v) is 2.83. The van der Waals surface area contributed by atoms with E-state index in [1.54, 1.807) is 0 Å². The predicted octanol–water partition coefficient (Wildman–Crippen LogP) is 3.70. The lowest BCUT2D eigenvalue weighted by Crippen LogP contribution is -2.35. The SMILES string of the molecule is CCCOc1ccc(OCC(=O)NCC2(c3ccccc3)CC2)cc1. The monoisotopic (exact) mass is 339 g/mol. The van der Waals surface area contributed by atoms with Gasteiger partial charge in [0.25, 0.3) is 5.91 Å². The molecule has 0 heterocycles. The van der Waals surface area contributed by atoms with Crippen molar-refractivity contribution in [2.24, 2.45) is 0 Å². The Bertz CT molecular complexity index is 678. The molecule has 4 heteroatoms. The molecule has 0 spiro atoms. The molecule has 3 rings (SSSR count). The highest BCUT2D eigenvalue weighted by Gasteiger charge is 2.44. The molecule has 0 aliphatic heterocycles. The van der Waals surface area contributed by atoms with Gasteiger partial charge in [0.2, 0.25) is 0 Å². The van der Waals surface area contributed by atoms with Gasteiger partial charge >= 0.3 is 0 Å². The van der Waals surface area contributed by atoms with Crippen LogP contribution in [0.1, 0.15) is 31.7 Å². The Morgan fingerprint density at radius 2 is 1.64 bits per heavy atom. The minimum absolute atomic E-state index is 0.0278. The number of amides is 1. The molecular formula is C21H25NO3. The average Bonchev–Trinajstić information content (AvgIpc) is 3.46. The third-order valence-corrected chi connectivity index (χ3v) is 4.53. The lowest BCUT2D eigenvalue weighted by atomic mass is 9.96. The van der Waals surface area contributed by atoms with E-state index in [2.05, 4.69) is 24.4 Å². The second kappa shape index (κ2) is 8.06. The first-order valence-corrected chi connectivity index (χ1v) is 8.90. The largest absolute Gasteiger partial charge is 0.494 e. The van der Waals surface area contributed by atoms with E-state index in [9.17, 15) is 4.79 Å². The van der Waals surface area contributed by atoms with Gasteiger partial charge in [-0.1, -0.05) is 37.3 Å². The van der Waals surface area contributed by atoms with Crippen molar-refractivity contribution in [1.82, 2.24) is 5.32 Å². The summed E-state index contributed by atoms with van der Waals surface area (Å²) in [6.07, 6.45) is 3.22. The molecule has 1 fully saturated rings. The summed E-state index contributed by atoms with van der Waals surface area (Å²) in [6.45, 7) is 3.47. The van der Waals surface area contributed by atoms with E-state index < -0.39 is 0 Å². The van der Waals surface area contributed by atoms with Crippen LogP contribution in [0.4, 0.5) is 0 Å². The summed E-state index contributed by atoms with van der Waals surface area (Å²) >= 11 is 0. The second-order valence-electron chi connectivity index (χ2n) is 6.53. The number of carbonyl (C=O) groups is 1. The Morgan fingerprint density at radius 3 is 2.24 bits per heavy atom. The third kappa shape index (κ3) is 4.75. The van der Waals surface area contributed by atoms with Gasteiger partial charge in [0.05, 0.1) is 6.61 Å². The molecule has 0 bridgehead atoms. The molecule has 2 aromatic rings. The van der Waals surface area contributed by atoms with Crippen LogP contribution in [0.15, 0.2) is 54.6 Å². The Morgan fingerprint density at radius 1 is 1.00 bits per heavy atom. The van der Waals surface area contributed by atoms with Gasteiger partial charge < -0.3 is 14.8 Å². The van der Waals surface area contributed by atoms with Gasteiger partial charge in [-0.15, -0.1) is 0 Å². The maximum atomic E-state index is 12.1. The normalized spacial score (nSPS) is 14.6. The fraction of sp³-hybridized carbons (Fsp3) is 0.381. The number of rotatable bonds is 9. The van der Waals surface area contributed by atoms with Crippen LogP contribution in [-0.4, -0.2) is 25.7 Å². The van der Waals surface area contributed by atoms with Crippen LogP contribution in [-0.2, 0) is 10.2 Å². The molecule has 1 aliphatic carbocycles. The van der Waals surface area contributed by atoms with Crippen LogP contribution in [0.25, 0.3) is 0 Å². The van der Waals surface area contributed by atoms with E-state index in [-0.39, 0.29) is 17.9 Å². The molecule has 0 radical (unpaired) electrons. The first kappa shape index (κ1) is 17.3. The van der Waals surface area contributed by atoms with Crippen LogP contribution in [0.3, 0.4) is 0 Å². The highest BCUT2D eigenvalue weighted by molar-refractivity contribution is 5.77. The quantitative estimate of drug-likeness (QED) is 0.758. The number of hydrogen-bond acceptors (Lipinski definition) is 3. The van der Waals surface area contributed by atoms with E-state index in [0.717, 1.165) is 25.0 Å². The molecule has 0 atom stereocenters. The molecule has 1 N–H and O–H groups in total. The van der Waals surface area contributed by atoms with E-state index in [1.165, 1.54) is 5.56 Å². The van der Waals surface area contributed by atoms with Gasteiger partial charge in [-0.3, -0.25) is 4.79 Å². The molecule has 1 saturated carbocycles. The van der Waals surface area contributed by atoms with Crippen LogP contribution in [0.2, 0.25) is 0 Å². The fourth-order valence-electron chi connectivity index (χ4n) is 2.83. The van der Waals surface area contributed by atoms with Crippen molar-refractivity contribution in [2.75, 3.05) is 19.8 Å². The number of benzene rings is 2. The first-order valence-electron chi connectivity index (χ1n) is 8.90. The molecule has 132 valence electrons. The maximum absolute atomic E-state index is 12.1. The van der Waals surface area contributed by atoms with Crippen molar-refractivity contribution in [1.29, 1.82) is 0 Å². The maximum Gasteiger partial charge on any atom is 0.257 e. The summed E-state index contributed by atoms with van der Waals surface area (Å²) < 4.78 is 11.1. The average molecular weight is 339 g/mol. The zero-order valence-electron chi connectivity index (χ0n) is 14.7. The Hall–Kier alpha value is -2.49. The predicted molar refractivity (Wildman–Crippen MR) is 98.1 cm³/mol. The van der Waals surface area contributed by atoms with E-state index in [0.29, 0.717) is 18.9 Å². The number of ether oxygens (including phenoxy) is 2. The second-order valence-corrected chi connectivity index (χ2v) is 6.53. The van der Waals surface area contributed by atoms with Crippen LogP contribution in [0, 0.1) is 0 Å². The summed E-state index contributed by atoms with van der Waals surface area (Å²) in [6, 6.07) is 17.8. The summed E-state index contributed by atoms with van der Waals surface area (Å²) in [7, 11) is 0. The van der Waals surface area contributed by atoms with Crippen molar-refractivity contribution in [3.05, 3.63) is 60.2 Å². The molecule has 4 nitrogen and oxygen atoms in total. The molecule has 2 aromatic carbocycles. The summed E-state index contributed by atoms with van der Waals surface area (Å²) in [5, 5.41) is 3.00. The lowest BCUT2D eigenvalue weighted by molar-refractivity contribution is -0.123. The van der Waals surface area contributed by atoms with Gasteiger partial charge in [-0.05, 0) is 49.1 Å². The van der Waals surface area contributed by atoms with Crippen LogP contribution in [0.5, 0.6) is 11.5 Å². The summed E-state index contributed by atoms with van der Waals surface area (Å²) in [4.78, 5) is 12.1. The Kier molecular flexibility index (Phi) is 5.59. The van der Waals surface area contributed by atoms with Gasteiger partial charge in [-0.25, -0.2) is 0 Å². The number of hydrogen-bond donors (Lipinski definition) is 1. The highest BCUT2D eigenvalue weighted by atomic mass is 16.5. The van der Waals surface area contributed by atoms with E-state index >= 15 is 0 Å². The van der Waals surface area contributed by atoms with Crippen LogP contribution < -0.4 is 14.8 Å². The van der Waals surface area contributed by atoms with E-state index in [4.69, 9.17) is 9.47 Å². The van der Waals surface area contributed by atoms with Crippen LogP contribution >= 0.6 is 0 Å². The minimum Gasteiger partial charge on any atom is -0.494 e. The number of carbonyl (C=O) groups excluding carboxylic acids is 1. The number of nitrogens with one attached hydrogen (secondary N) is 1. The third-order valence-electron chi connectivity index (χ3n) is 4.53. The highest BCUT2D eigenvalue weighted by Crippen LogP contribution is 2.47. The van der Waals surface area contributed by atoms with Crippen molar-refractivity contribution in [3.63, 3.8) is 0 Å². The summed E-state index contributed by atoms with van der Waals surface area (Å²) in [5.41, 5.74) is 1.42. The molecular weight excluding hydrogens is 314 g/mol. The molecule has 1 aliphatic rings. The van der Waals surface area contributed by atoms with Crippen molar-refractivity contribution < 1.29 is 14.3 Å². The minimum atomic E-state index is -0.0893. The van der Waals surface area contributed by atoms with Gasteiger partial charge in [-0.2, -0.15) is 0 Å². The van der Waals surface area contributed by atoms with Gasteiger partial charge in [0.15, 0.2) is 6.61 Å². The zero-order chi connectivity index (χ0) is 17.5. The molecule has 25 heavy (non-hydrogen) atoms. The Balaban J connectivity index is 1.43. The topological polar surface area (TPSA) is 47.6 Å². The smallest absolute Gasteiger partial charge is 0.257 e. The molecule has 0 saturated heterocycles. The van der Waals surface area contributed by atoms with Crippen molar-refractivity contribution >= 4 is 5.91 Å². The standard InChI is InChI=1S/C21H25NO3/c1-2-14-24-18-8-10-19(11-9-18)25-15-20(23)22-16-21(12-13-21)17-6-4-3-5-7-17/h3-11H,2,12-16H2,1H3,(H,22,23). The van der Waals surface area contributed by atoms with E-state index in [1.807, 2.05) is 42.5 Å².